The Morgan fingerprint density at radius 1 is 1.31 bits per heavy atom. The van der Waals surface area contributed by atoms with Gasteiger partial charge in [0.15, 0.2) is 0 Å². The molecule has 0 bridgehead atoms. The van der Waals surface area contributed by atoms with Gasteiger partial charge in [-0.05, 0) is 13.0 Å². The molecule has 0 aromatic heterocycles. The average Bonchev–Trinajstić information content (AvgIpc) is 2.45. The highest BCUT2D eigenvalue weighted by molar-refractivity contribution is 4.88. The molecule has 0 aliphatic carbocycles. The molecular weight excluding hydrogens is 174 g/mol. The minimum atomic E-state index is -1.51. The standard InChI is InChI=1S/C8H17NO4/c10-5-8(12,6-11)7-1-2-9-3-4-13-7/h7,9-12H,1-6H2. The number of ether oxygens (including phenoxy) is 1. The zero-order valence-electron chi connectivity index (χ0n) is 7.57. The first-order valence-corrected chi connectivity index (χ1v) is 4.49. The van der Waals surface area contributed by atoms with Gasteiger partial charge in [-0.2, -0.15) is 0 Å². The number of nitrogens with one attached hydrogen (secondary N) is 1. The predicted octanol–water partition coefficient (Wildman–Crippen LogP) is -1.92. The molecular formula is C8H17NO4. The summed E-state index contributed by atoms with van der Waals surface area (Å²) in [4.78, 5) is 0. The van der Waals surface area contributed by atoms with Crippen molar-refractivity contribution >= 4 is 0 Å². The van der Waals surface area contributed by atoms with Gasteiger partial charge in [0.25, 0.3) is 0 Å². The fourth-order valence-electron chi connectivity index (χ4n) is 1.39. The first-order chi connectivity index (χ1) is 6.23. The van der Waals surface area contributed by atoms with Crippen LogP contribution >= 0.6 is 0 Å². The van der Waals surface area contributed by atoms with Gasteiger partial charge >= 0.3 is 0 Å². The van der Waals surface area contributed by atoms with Gasteiger partial charge in [0, 0.05) is 6.54 Å². The molecule has 0 saturated carbocycles. The van der Waals surface area contributed by atoms with E-state index in [0.717, 1.165) is 13.1 Å². The third-order valence-electron chi connectivity index (χ3n) is 2.33. The van der Waals surface area contributed by atoms with Crippen LogP contribution < -0.4 is 5.32 Å². The molecule has 0 aromatic rings. The van der Waals surface area contributed by atoms with Crippen molar-refractivity contribution in [3.05, 3.63) is 0 Å². The van der Waals surface area contributed by atoms with E-state index in [2.05, 4.69) is 5.32 Å². The summed E-state index contributed by atoms with van der Waals surface area (Å²) in [6.45, 7) is 1.01. The van der Waals surface area contributed by atoms with Gasteiger partial charge in [0.2, 0.25) is 0 Å². The second kappa shape index (κ2) is 4.88. The van der Waals surface area contributed by atoms with E-state index in [4.69, 9.17) is 14.9 Å². The Morgan fingerprint density at radius 2 is 2.00 bits per heavy atom. The first-order valence-electron chi connectivity index (χ1n) is 4.49. The molecule has 1 fully saturated rings. The molecule has 4 N–H and O–H groups in total. The van der Waals surface area contributed by atoms with Crippen LogP contribution in [0.1, 0.15) is 6.42 Å². The van der Waals surface area contributed by atoms with Crippen LogP contribution in [0.5, 0.6) is 0 Å². The van der Waals surface area contributed by atoms with Crippen molar-refractivity contribution in [2.75, 3.05) is 32.9 Å². The van der Waals surface area contributed by atoms with E-state index in [9.17, 15) is 5.11 Å². The molecule has 1 unspecified atom stereocenters. The van der Waals surface area contributed by atoms with Gasteiger partial charge in [-0.25, -0.2) is 0 Å². The second-order valence-electron chi connectivity index (χ2n) is 3.32. The van der Waals surface area contributed by atoms with Crippen LogP contribution in [0.4, 0.5) is 0 Å². The van der Waals surface area contributed by atoms with E-state index in [1.165, 1.54) is 0 Å². The van der Waals surface area contributed by atoms with E-state index < -0.39 is 24.9 Å². The SMILES string of the molecule is OCC(O)(CO)C1CCNCCO1. The van der Waals surface area contributed by atoms with Gasteiger partial charge in [0.05, 0.1) is 25.9 Å². The molecule has 78 valence electrons. The van der Waals surface area contributed by atoms with Crippen LogP contribution in [-0.4, -0.2) is 59.9 Å². The Balaban J connectivity index is 2.55. The maximum atomic E-state index is 9.73. The second-order valence-corrected chi connectivity index (χ2v) is 3.32. The maximum absolute atomic E-state index is 9.73. The van der Waals surface area contributed by atoms with Crippen LogP contribution in [-0.2, 0) is 4.74 Å². The summed E-state index contributed by atoms with van der Waals surface area (Å²) in [5.41, 5.74) is -1.51. The summed E-state index contributed by atoms with van der Waals surface area (Å²) in [6.07, 6.45) is 0.106. The third-order valence-corrected chi connectivity index (χ3v) is 2.33. The normalized spacial score (nSPS) is 25.6. The highest BCUT2D eigenvalue weighted by Gasteiger charge is 2.36. The number of aliphatic hydroxyl groups is 3. The number of aliphatic hydroxyl groups excluding tert-OH is 2. The van der Waals surface area contributed by atoms with Crippen molar-refractivity contribution in [3.8, 4) is 0 Å². The summed E-state index contributed by atoms with van der Waals surface area (Å²) in [5, 5.41) is 30.7. The third kappa shape index (κ3) is 2.62. The first kappa shape index (κ1) is 10.9. The molecule has 5 heteroatoms. The molecule has 0 radical (unpaired) electrons. The minimum Gasteiger partial charge on any atom is -0.393 e. The molecule has 1 atom stereocenters. The van der Waals surface area contributed by atoms with E-state index in [0.29, 0.717) is 13.0 Å². The predicted molar refractivity (Wildman–Crippen MR) is 46.3 cm³/mol. The lowest BCUT2D eigenvalue weighted by Crippen LogP contribution is -2.50. The van der Waals surface area contributed by atoms with Gasteiger partial charge < -0.3 is 25.4 Å². The van der Waals surface area contributed by atoms with E-state index in [1.807, 2.05) is 0 Å². The van der Waals surface area contributed by atoms with Gasteiger partial charge in [-0.15, -0.1) is 0 Å². The molecule has 13 heavy (non-hydrogen) atoms. The summed E-state index contributed by atoms with van der Waals surface area (Å²) >= 11 is 0. The number of hydrogen-bond donors (Lipinski definition) is 4. The molecule has 1 aliphatic rings. The number of rotatable bonds is 3. The van der Waals surface area contributed by atoms with Crippen molar-refractivity contribution < 1.29 is 20.1 Å². The van der Waals surface area contributed by atoms with Crippen LogP contribution in [0.2, 0.25) is 0 Å². The summed E-state index contributed by atoms with van der Waals surface area (Å²) in [5.74, 6) is 0. The Morgan fingerprint density at radius 3 is 2.62 bits per heavy atom. The number of hydrogen-bond acceptors (Lipinski definition) is 5. The lowest BCUT2D eigenvalue weighted by atomic mass is 9.96. The molecule has 0 amide bonds. The fourth-order valence-corrected chi connectivity index (χ4v) is 1.39. The smallest absolute Gasteiger partial charge is 0.137 e. The largest absolute Gasteiger partial charge is 0.393 e. The van der Waals surface area contributed by atoms with E-state index in [-0.39, 0.29) is 0 Å². The molecule has 0 spiro atoms. The molecule has 1 rings (SSSR count). The summed E-state index contributed by atoms with van der Waals surface area (Å²) in [6, 6.07) is 0. The van der Waals surface area contributed by atoms with Crippen LogP contribution in [0.3, 0.4) is 0 Å². The topological polar surface area (TPSA) is 82.0 Å². The van der Waals surface area contributed by atoms with Crippen molar-refractivity contribution in [2.24, 2.45) is 0 Å². The van der Waals surface area contributed by atoms with Gasteiger partial charge in [-0.1, -0.05) is 0 Å². The Hall–Kier alpha value is -0.200. The zero-order chi connectivity index (χ0) is 9.73. The lowest BCUT2D eigenvalue weighted by molar-refractivity contribution is -0.150. The quantitative estimate of drug-likeness (QED) is 0.418. The van der Waals surface area contributed by atoms with Crippen LogP contribution in [0, 0.1) is 0 Å². The average molecular weight is 191 g/mol. The van der Waals surface area contributed by atoms with Gasteiger partial charge in [0.1, 0.15) is 5.60 Å². The van der Waals surface area contributed by atoms with Crippen LogP contribution in [0.15, 0.2) is 0 Å². The molecule has 0 aromatic carbocycles. The van der Waals surface area contributed by atoms with Crippen molar-refractivity contribution in [2.45, 2.75) is 18.1 Å². The molecule has 1 saturated heterocycles. The van der Waals surface area contributed by atoms with Crippen molar-refractivity contribution in [1.29, 1.82) is 0 Å². The fraction of sp³-hybridized carbons (Fsp3) is 1.00. The molecule has 1 aliphatic heterocycles. The van der Waals surface area contributed by atoms with Gasteiger partial charge in [-0.3, -0.25) is 0 Å². The Kier molecular flexibility index (Phi) is 4.08. The maximum Gasteiger partial charge on any atom is 0.137 e. The van der Waals surface area contributed by atoms with E-state index in [1.54, 1.807) is 0 Å². The monoisotopic (exact) mass is 191 g/mol. The Bertz CT molecular complexity index is 141. The molecule has 1 heterocycles. The highest BCUT2D eigenvalue weighted by atomic mass is 16.5. The summed E-state index contributed by atoms with van der Waals surface area (Å²) in [7, 11) is 0. The van der Waals surface area contributed by atoms with Crippen LogP contribution in [0.25, 0.3) is 0 Å². The lowest BCUT2D eigenvalue weighted by Gasteiger charge is -2.31. The summed E-state index contributed by atoms with van der Waals surface area (Å²) < 4.78 is 5.32. The van der Waals surface area contributed by atoms with Crippen molar-refractivity contribution in [1.82, 2.24) is 5.32 Å². The highest BCUT2D eigenvalue weighted by Crippen LogP contribution is 2.17. The van der Waals surface area contributed by atoms with Crippen molar-refractivity contribution in [3.63, 3.8) is 0 Å². The Labute approximate surface area is 77.3 Å². The minimum absolute atomic E-state index is 0.478. The zero-order valence-corrected chi connectivity index (χ0v) is 7.57. The molecule has 5 nitrogen and oxygen atoms in total. The van der Waals surface area contributed by atoms with E-state index >= 15 is 0 Å².